The number of nitriles is 1. The van der Waals surface area contributed by atoms with Crippen molar-refractivity contribution in [2.75, 3.05) is 0 Å². The van der Waals surface area contributed by atoms with E-state index in [2.05, 4.69) is 21.2 Å². The van der Waals surface area contributed by atoms with E-state index in [1.54, 1.807) is 24.3 Å². The number of carbonyl (C=O) groups is 1. The molecule has 0 unspecified atom stereocenters. The molecular weight excluding hydrogens is 304 g/mol. The maximum absolute atomic E-state index is 11.9. The molecule has 0 saturated heterocycles. The van der Waals surface area contributed by atoms with Gasteiger partial charge in [0, 0.05) is 16.6 Å². The number of carbonyl (C=O) groups excluding carboxylic acids is 1. The van der Waals surface area contributed by atoms with Gasteiger partial charge in [-0.05, 0) is 42.0 Å². The first-order chi connectivity index (χ1) is 9.19. The van der Waals surface area contributed by atoms with Gasteiger partial charge in [0.1, 0.15) is 0 Å². The van der Waals surface area contributed by atoms with Gasteiger partial charge < -0.3 is 5.32 Å². The molecule has 0 heterocycles. The van der Waals surface area contributed by atoms with Crippen LogP contribution in [0, 0.1) is 11.3 Å². The topological polar surface area (TPSA) is 52.9 Å². The molecule has 2 aromatic carbocycles. The summed E-state index contributed by atoms with van der Waals surface area (Å²) >= 11 is 3.39. The molecule has 0 aromatic heterocycles. The van der Waals surface area contributed by atoms with Gasteiger partial charge in [-0.15, -0.1) is 0 Å². The lowest BCUT2D eigenvalue weighted by Crippen LogP contribution is -2.22. The second-order valence-electron chi connectivity index (χ2n) is 4.00. The van der Waals surface area contributed by atoms with Crippen LogP contribution in [0.1, 0.15) is 21.5 Å². The molecule has 0 radical (unpaired) electrons. The van der Waals surface area contributed by atoms with Gasteiger partial charge in [0.15, 0.2) is 0 Å². The Morgan fingerprint density at radius 3 is 2.58 bits per heavy atom. The van der Waals surface area contributed by atoms with Crippen molar-refractivity contribution in [2.24, 2.45) is 0 Å². The van der Waals surface area contributed by atoms with Crippen molar-refractivity contribution in [1.29, 1.82) is 5.26 Å². The molecule has 2 aromatic rings. The summed E-state index contributed by atoms with van der Waals surface area (Å²) in [5, 5.41) is 11.5. The molecule has 0 bridgehead atoms. The predicted molar refractivity (Wildman–Crippen MR) is 76.5 cm³/mol. The van der Waals surface area contributed by atoms with Crippen LogP contribution in [0.2, 0.25) is 0 Å². The molecule has 0 fully saturated rings. The second kappa shape index (κ2) is 6.17. The number of halogens is 1. The molecular formula is C15H11BrN2O. The number of amides is 1. The van der Waals surface area contributed by atoms with Gasteiger partial charge in [0.2, 0.25) is 0 Å². The number of nitrogens with zero attached hydrogens (tertiary/aromatic N) is 1. The van der Waals surface area contributed by atoms with Crippen molar-refractivity contribution in [1.82, 2.24) is 5.32 Å². The molecule has 0 aliphatic carbocycles. The Morgan fingerprint density at radius 2 is 1.95 bits per heavy atom. The van der Waals surface area contributed by atoms with Gasteiger partial charge in [-0.1, -0.05) is 28.1 Å². The van der Waals surface area contributed by atoms with Gasteiger partial charge in [-0.25, -0.2) is 0 Å². The van der Waals surface area contributed by atoms with E-state index in [4.69, 9.17) is 5.26 Å². The van der Waals surface area contributed by atoms with Crippen molar-refractivity contribution >= 4 is 21.8 Å². The highest BCUT2D eigenvalue weighted by Gasteiger charge is 2.05. The highest BCUT2D eigenvalue weighted by molar-refractivity contribution is 9.10. The van der Waals surface area contributed by atoms with Crippen LogP contribution < -0.4 is 5.32 Å². The third kappa shape index (κ3) is 3.67. The summed E-state index contributed by atoms with van der Waals surface area (Å²) in [6.45, 7) is 0.471. The lowest BCUT2D eigenvalue weighted by atomic mass is 10.1. The molecule has 94 valence electrons. The standard InChI is InChI=1S/C15H11BrN2O/c16-14-3-1-2-12(8-14)10-18-15(19)13-6-4-11(9-17)5-7-13/h1-8H,10H2,(H,18,19). The first-order valence-electron chi connectivity index (χ1n) is 5.72. The van der Waals surface area contributed by atoms with Crippen LogP contribution in [0.5, 0.6) is 0 Å². The molecule has 1 amide bonds. The molecule has 19 heavy (non-hydrogen) atoms. The number of nitrogens with one attached hydrogen (secondary N) is 1. The van der Waals surface area contributed by atoms with Crippen LogP contribution in [0.4, 0.5) is 0 Å². The average molecular weight is 315 g/mol. The Kier molecular flexibility index (Phi) is 4.32. The van der Waals surface area contributed by atoms with Gasteiger partial charge in [-0.2, -0.15) is 5.26 Å². The summed E-state index contributed by atoms with van der Waals surface area (Å²) < 4.78 is 0.984. The number of rotatable bonds is 3. The van der Waals surface area contributed by atoms with Crippen LogP contribution in [-0.4, -0.2) is 5.91 Å². The molecule has 0 saturated carbocycles. The number of hydrogen-bond donors (Lipinski definition) is 1. The highest BCUT2D eigenvalue weighted by atomic mass is 79.9. The van der Waals surface area contributed by atoms with Crippen molar-refractivity contribution in [3.05, 3.63) is 69.7 Å². The van der Waals surface area contributed by atoms with E-state index in [1.807, 2.05) is 30.3 Å². The van der Waals surface area contributed by atoms with Crippen molar-refractivity contribution in [3.8, 4) is 6.07 Å². The predicted octanol–water partition coefficient (Wildman–Crippen LogP) is 3.25. The lowest BCUT2D eigenvalue weighted by Gasteiger charge is -2.05. The summed E-state index contributed by atoms with van der Waals surface area (Å²) in [7, 11) is 0. The smallest absolute Gasteiger partial charge is 0.251 e. The Morgan fingerprint density at radius 1 is 1.21 bits per heavy atom. The summed E-state index contributed by atoms with van der Waals surface area (Å²) in [6.07, 6.45) is 0. The minimum atomic E-state index is -0.149. The SMILES string of the molecule is N#Cc1ccc(C(=O)NCc2cccc(Br)c2)cc1. The van der Waals surface area contributed by atoms with E-state index >= 15 is 0 Å². The Balaban J connectivity index is 1.99. The van der Waals surface area contributed by atoms with Gasteiger partial charge in [0.25, 0.3) is 5.91 Å². The Bertz CT molecular complexity index is 629. The minimum absolute atomic E-state index is 0.149. The normalized spacial score (nSPS) is 9.68. The van der Waals surface area contributed by atoms with Crippen LogP contribution in [0.15, 0.2) is 53.0 Å². The largest absolute Gasteiger partial charge is 0.348 e. The lowest BCUT2D eigenvalue weighted by molar-refractivity contribution is 0.0951. The fraction of sp³-hybridized carbons (Fsp3) is 0.0667. The van der Waals surface area contributed by atoms with Crippen LogP contribution >= 0.6 is 15.9 Å². The molecule has 0 spiro atoms. The summed E-state index contributed by atoms with van der Waals surface area (Å²) in [6, 6.07) is 16.3. The maximum atomic E-state index is 11.9. The third-order valence-electron chi connectivity index (χ3n) is 2.62. The van der Waals surface area contributed by atoms with E-state index in [0.29, 0.717) is 17.7 Å². The molecule has 4 heteroatoms. The highest BCUT2D eigenvalue weighted by Crippen LogP contribution is 2.11. The number of hydrogen-bond acceptors (Lipinski definition) is 2. The van der Waals surface area contributed by atoms with Gasteiger partial charge in [0.05, 0.1) is 11.6 Å². The quantitative estimate of drug-likeness (QED) is 0.945. The zero-order valence-electron chi connectivity index (χ0n) is 10.1. The zero-order chi connectivity index (χ0) is 13.7. The van der Waals surface area contributed by atoms with E-state index in [9.17, 15) is 4.79 Å². The van der Waals surface area contributed by atoms with Crippen LogP contribution in [0.3, 0.4) is 0 Å². The van der Waals surface area contributed by atoms with Crippen LogP contribution in [-0.2, 0) is 6.54 Å². The average Bonchev–Trinajstić information content (AvgIpc) is 2.45. The van der Waals surface area contributed by atoms with Crippen molar-refractivity contribution < 1.29 is 4.79 Å². The summed E-state index contributed by atoms with van der Waals surface area (Å²) in [5.74, 6) is -0.149. The molecule has 0 aliphatic heterocycles. The monoisotopic (exact) mass is 314 g/mol. The first kappa shape index (κ1) is 13.3. The molecule has 3 nitrogen and oxygen atoms in total. The van der Waals surface area contributed by atoms with Gasteiger partial charge >= 0.3 is 0 Å². The summed E-state index contributed by atoms with van der Waals surface area (Å²) in [4.78, 5) is 11.9. The van der Waals surface area contributed by atoms with Gasteiger partial charge in [-0.3, -0.25) is 4.79 Å². The molecule has 2 rings (SSSR count). The summed E-state index contributed by atoms with van der Waals surface area (Å²) in [5.41, 5.74) is 2.12. The van der Waals surface area contributed by atoms with E-state index in [-0.39, 0.29) is 5.91 Å². The molecule has 1 N–H and O–H groups in total. The van der Waals surface area contributed by atoms with E-state index in [1.165, 1.54) is 0 Å². The van der Waals surface area contributed by atoms with E-state index < -0.39 is 0 Å². The van der Waals surface area contributed by atoms with Crippen molar-refractivity contribution in [2.45, 2.75) is 6.54 Å². The fourth-order valence-electron chi connectivity index (χ4n) is 1.63. The minimum Gasteiger partial charge on any atom is -0.348 e. The molecule has 0 atom stereocenters. The maximum Gasteiger partial charge on any atom is 0.251 e. The third-order valence-corrected chi connectivity index (χ3v) is 3.11. The van der Waals surface area contributed by atoms with Crippen LogP contribution in [0.25, 0.3) is 0 Å². The van der Waals surface area contributed by atoms with Crippen molar-refractivity contribution in [3.63, 3.8) is 0 Å². The number of benzene rings is 2. The zero-order valence-corrected chi connectivity index (χ0v) is 11.6. The van der Waals surface area contributed by atoms with E-state index in [0.717, 1.165) is 10.0 Å². The Hall–Kier alpha value is -2.12. The Labute approximate surface area is 120 Å². The fourth-order valence-corrected chi connectivity index (χ4v) is 2.07. The second-order valence-corrected chi connectivity index (χ2v) is 4.92. The first-order valence-corrected chi connectivity index (χ1v) is 6.51. The molecule has 0 aliphatic rings.